The van der Waals surface area contributed by atoms with Gasteiger partial charge in [0.25, 0.3) is 0 Å². The molecular weight excluding hydrogens is 262 g/mol. The van der Waals surface area contributed by atoms with Gasteiger partial charge in [-0.3, -0.25) is 9.59 Å². The Balaban J connectivity index is 1.64. The van der Waals surface area contributed by atoms with E-state index in [-0.39, 0.29) is 12.5 Å². The number of hydrogen-bond acceptors (Lipinski definition) is 3. The summed E-state index contributed by atoms with van der Waals surface area (Å²) in [4.78, 5) is 25.2. The summed E-state index contributed by atoms with van der Waals surface area (Å²) in [6, 6.07) is 4.19. The summed E-state index contributed by atoms with van der Waals surface area (Å²) >= 11 is 1.76. The summed E-state index contributed by atoms with van der Waals surface area (Å²) in [5, 5.41) is 11.7. The van der Waals surface area contributed by atoms with Crippen molar-refractivity contribution in [3.8, 4) is 0 Å². The molecule has 104 valence electrons. The number of hydrogen-bond donors (Lipinski definition) is 2. The minimum Gasteiger partial charge on any atom is -0.481 e. The van der Waals surface area contributed by atoms with Gasteiger partial charge in [0.05, 0.1) is 5.41 Å². The first-order chi connectivity index (χ1) is 9.02. The Morgan fingerprint density at radius 2 is 2.16 bits per heavy atom. The fourth-order valence-electron chi connectivity index (χ4n) is 2.02. The highest BCUT2D eigenvalue weighted by atomic mass is 32.1. The molecule has 1 amide bonds. The number of carbonyl (C=O) groups is 2. The summed E-state index contributed by atoms with van der Waals surface area (Å²) in [5.74, 6) is -0.831. The van der Waals surface area contributed by atoms with Gasteiger partial charge in [0.2, 0.25) is 5.91 Å². The van der Waals surface area contributed by atoms with Crippen LogP contribution in [-0.4, -0.2) is 23.5 Å². The Kier molecular flexibility index (Phi) is 4.24. The van der Waals surface area contributed by atoms with E-state index in [0.717, 1.165) is 12.8 Å². The molecule has 0 aliphatic heterocycles. The summed E-state index contributed by atoms with van der Waals surface area (Å²) in [6.45, 7) is 2.35. The van der Waals surface area contributed by atoms with Crippen molar-refractivity contribution >= 4 is 23.2 Å². The van der Waals surface area contributed by atoms with Gasteiger partial charge < -0.3 is 10.4 Å². The average Bonchev–Trinajstić information content (AvgIpc) is 3.05. The molecule has 1 aromatic heterocycles. The van der Waals surface area contributed by atoms with Crippen molar-refractivity contribution in [3.63, 3.8) is 0 Å². The number of thiophene rings is 1. The van der Waals surface area contributed by atoms with Crippen molar-refractivity contribution in [3.05, 3.63) is 21.9 Å². The van der Waals surface area contributed by atoms with Gasteiger partial charge in [-0.2, -0.15) is 0 Å². The number of carboxylic acid groups (broad SMARTS) is 1. The zero-order valence-electron chi connectivity index (χ0n) is 11.1. The van der Waals surface area contributed by atoms with E-state index in [2.05, 4.69) is 24.4 Å². The van der Waals surface area contributed by atoms with Crippen LogP contribution >= 0.6 is 11.3 Å². The number of nitrogens with one attached hydrogen (secondary N) is 1. The van der Waals surface area contributed by atoms with Gasteiger partial charge in [-0.25, -0.2) is 0 Å². The molecule has 19 heavy (non-hydrogen) atoms. The number of amides is 1. The molecule has 1 saturated carbocycles. The molecule has 1 fully saturated rings. The highest BCUT2D eigenvalue weighted by molar-refractivity contribution is 7.11. The van der Waals surface area contributed by atoms with Crippen LogP contribution in [0.4, 0.5) is 0 Å². The van der Waals surface area contributed by atoms with Crippen LogP contribution in [0.1, 0.15) is 35.4 Å². The molecule has 0 atom stereocenters. The predicted octanol–water partition coefficient (Wildman–Crippen LogP) is 2.36. The first-order valence-corrected chi connectivity index (χ1v) is 7.39. The molecule has 0 saturated heterocycles. The number of rotatable bonds is 7. The van der Waals surface area contributed by atoms with Gasteiger partial charge in [0, 0.05) is 22.7 Å². The molecule has 1 aromatic rings. The minimum atomic E-state index is -0.790. The number of aryl methyl sites for hydroxylation is 2. The van der Waals surface area contributed by atoms with E-state index in [1.165, 1.54) is 9.75 Å². The molecule has 0 radical (unpaired) electrons. The third-order valence-electron chi connectivity index (χ3n) is 3.55. The normalized spacial score (nSPS) is 16.1. The smallest absolute Gasteiger partial charge is 0.311 e. The molecule has 1 aliphatic carbocycles. The second kappa shape index (κ2) is 5.74. The highest BCUT2D eigenvalue weighted by Gasteiger charge is 2.50. The van der Waals surface area contributed by atoms with Crippen LogP contribution in [-0.2, 0) is 16.0 Å². The lowest BCUT2D eigenvalue weighted by atomic mass is 10.1. The molecule has 4 nitrogen and oxygen atoms in total. The molecule has 1 heterocycles. The SMILES string of the molecule is Cc1ccc(CCCC(=O)NCC2(C(=O)O)CC2)s1. The maximum Gasteiger partial charge on any atom is 0.311 e. The van der Waals surface area contributed by atoms with Gasteiger partial charge in [-0.15, -0.1) is 11.3 Å². The largest absolute Gasteiger partial charge is 0.481 e. The van der Waals surface area contributed by atoms with Gasteiger partial charge in [-0.05, 0) is 44.7 Å². The maximum absolute atomic E-state index is 11.6. The fraction of sp³-hybridized carbons (Fsp3) is 0.571. The van der Waals surface area contributed by atoms with Crippen LogP contribution in [0, 0.1) is 12.3 Å². The van der Waals surface area contributed by atoms with E-state index in [1.807, 2.05) is 0 Å². The molecule has 5 heteroatoms. The van der Waals surface area contributed by atoms with Crippen LogP contribution < -0.4 is 5.32 Å². The molecular formula is C14H19NO3S. The standard InChI is InChI=1S/C14H19NO3S/c1-10-5-6-11(19-10)3-2-4-12(16)15-9-14(7-8-14)13(17)18/h5-6H,2-4,7-9H2,1H3,(H,15,16)(H,17,18). The number of aliphatic carboxylic acids is 1. The van der Waals surface area contributed by atoms with Crippen molar-refractivity contribution in [2.24, 2.45) is 5.41 Å². The molecule has 0 unspecified atom stereocenters. The topological polar surface area (TPSA) is 66.4 Å². The van der Waals surface area contributed by atoms with Crippen molar-refractivity contribution in [2.75, 3.05) is 6.54 Å². The highest BCUT2D eigenvalue weighted by Crippen LogP contribution is 2.45. The summed E-state index contributed by atoms with van der Waals surface area (Å²) in [7, 11) is 0. The molecule has 0 aromatic carbocycles. The first-order valence-electron chi connectivity index (χ1n) is 6.57. The second-order valence-corrected chi connectivity index (χ2v) is 6.60. The lowest BCUT2D eigenvalue weighted by molar-refractivity contribution is -0.143. The average molecular weight is 281 g/mol. The number of carbonyl (C=O) groups excluding carboxylic acids is 1. The van der Waals surface area contributed by atoms with E-state index >= 15 is 0 Å². The third-order valence-corrected chi connectivity index (χ3v) is 4.61. The summed E-state index contributed by atoms with van der Waals surface area (Å²) < 4.78 is 0. The Hall–Kier alpha value is -1.36. The Bertz CT molecular complexity index is 477. The van der Waals surface area contributed by atoms with Crippen molar-refractivity contribution in [2.45, 2.75) is 39.0 Å². The number of carboxylic acids is 1. The lowest BCUT2D eigenvalue weighted by Gasteiger charge is -2.10. The molecule has 1 aliphatic rings. The van der Waals surface area contributed by atoms with Crippen molar-refractivity contribution in [1.82, 2.24) is 5.32 Å². The van der Waals surface area contributed by atoms with Crippen LogP contribution in [0.2, 0.25) is 0 Å². The minimum absolute atomic E-state index is 0.0409. The first kappa shape index (κ1) is 14.1. The second-order valence-electron chi connectivity index (χ2n) is 5.23. The van der Waals surface area contributed by atoms with Crippen molar-refractivity contribution < 1.29 is 14.7 Å². The molecule has 0 spiro atoms. The maximum atomic E-state index is 11.6. The Labute approximate surface area is 116 Å². The van der Waals surface area contributed by atoms with E-state index < -0.39 is 11.4 Å². The van der Waals surface area contributed by atoms with Gasteiger partial charge in [0.1, 0.15) is 0 Å². The molecule has 2 N–H and O–H groups in total. The van der Waals surface area contributed by atoms with Crippen LogP contribution in [0.15, 0.2) is 12.1 Å². The summed E-state index contributed by atoms with van der Waals surface area (Å²) in [6.07, 6.45) is 3.54. The van der Waals surface area contributed by atoms with Gasteiger partial charge in [-0.1, -0.05) is 0 Å². The van der Waals surface area contributed by atoms with E-state index in [9.17, 15) is 9.59 Å². The predicted molar refractivity (Wildman–Crippen MR) is 74.3 cm³/mol. The summed E-state index contributed by atoms with van der Waals surface area (Å²) in [5.41, 5.74) is -0.666. The quantitative estimate of drug-likeness (QED) is 0.806. The van der Waals surface area contributed by atoms with E-state index in [4.69, 9.17) is 5.11 Å². The Morgan fingerprint density at radius 3 is 2.68 bits per heavy atom. The van der Waals surface area contributed by atoms with Crippen LogP contribution in [0.5, 0.6) is 0 Å². The third kappa shape index (κ3) is 3.80. The molecule has 2 rings (SSSR count). The van der Waals surface area contributed by atoms with E-state index in [1.54, 1.807) is 11.3 Å². The van der Waals surface area contributed by atoms with Gasteiger partial charge in [0.15, 0.2) is 0 Å². The molecule has 0 bridgehead atoms. The van der Waals surface area contributed by atoms with E-state index in [0.29, 0.717) is 19.3 Å². The fourth-order valence-corrected chi connectivity index (χ4v) is 2.95. The monoisotopic (exact) mass is 281 g/mol. The zero-order valence-corrected chi connectivity index (χ0v) is 11.9. The Morgan fingerprint density at radius 1 is 1.42 bits per heavy atom. The lowest BCUT2D eigenvalue weighted by Crippen LogP contribution is -2.34. The zero-order chi connectivity index (χ0) is 13.9. The van der Waals surface area contributed by atoms with Crippen LogP contribution in [0.25, 0.3) is 0 Å². The van der Waals surface area contributed by atoms with Crippen LogP contribution in [0.3, 0.4) is 0 Å². The van der Waals surface area contributed by atoms with Gasteiger partial charge >= 0.3 is 5.97 Å². The van der Waals surface area contributed by atoms with Crippen molar-refractivity contribution in [1.29, 1.82) is 0 Å².